The third kappa shape index (κ3) is 11.3. The van der Waals surface area contributed by atoms with Crippen LogP contribution in [0.4, 0.5) is 0 Å². The lowest BCUT2D eigenvalue weighted by atomic mass is 10.1. The molecular weight excluding hydrogens is 448 g/mol. The Balaban J connectivity index is 1.66. The number of carboxylic acid groups (broad SMARTS) is 1. The highest BCUT2D eigenvalue weighted by molar-refractivity contribution is 5.75. The summed E-state index contributed by atoms with van der Waals surface area (Å²) in [5, 5.41) is 22.9. The van der Waals surface area contributed by atoms with Crippen molar-refractivity contribution >= 4 is 11.9 Å². The van der Waals surface area contributed by atoms with Gasteiger partial charge < -0.3 is 26.6 Å². The van der Waals surface area contributed by atoms with Crippen molar-refractivity contribution in [3.05, 3.63) is 65.7 Å². The van der Waals surface area contributed by atoms with Crippen LogP contribution in [-0.2, 0) is 22.6 Å². The Kier molecular flexibility index (Phi) is 12.8. The molecule has 0 unspecified atom stereocenters. The molecule has 0 saturated heterocycles. The first-order valence-electron chi connectivity index (χ1n) is 12.1. The van der Waals surface area contributed by atoms with Crippen LogP contribution in [0.25, 0.3) is 0 Å². The van der Waals surface area contributed by atoms with Gasteiger partial charge in [0.1, 0.15) is 18.4 Å². The lowest BCUT2D eigenvalue weighted by Crippen LogP contribution is -2.41. The average molecular weight is 487 g/mol. The van der Waals surface area contributed by atoms with Gasteiger partial charge in [-0.1, -0.05) is 48.9 Å². The number of aliphatic carboxylic acids is 1. The molecule has 7 N–H and O–H groups in total. The van der Waals surface area contributed by atoms with Gasteiger partial charge in [0.2, 0.25) is 5.91 Å². The summed E-state index contributed by atoms with van der Waals surface area (Å²) >= 11 is 0. The Labute approximate surface area is 207 Å². The van der Waals surface area contributed by atoms with Crippen LogP contribution in [0.2, 0.25) is 0 Å². The maximum absolute atomic E-state index is 12.2. The Bertz CT molecular complexity index is 879. The van der Waals surface area contributed by atoms with Gasteiger partial charge in [-0.25, -0.2) is 5.06 Å². The summed E-state index contributed by atoms with van der Waals surface area (Å²) in [5.74, 6) is -0.607. The minimum Gasteiger partial charge on any atom is -0.489 e. The van der Waals surface area contributed by atoms with Gasteiger partial charge in [0, 0.05) is 12.5 Å². The molecule has 0 bridgehead atoms. The van der Waals surface area contributed by atoms with Crippen LogP contribution in [0, 0.1) is 0 Å². The van der Waals surface area contributed by atoms with Crippen LogP contribution in [-0.4, -0.2) is 59.0 Å². The van der Waals surface area contributed by atoms with Crippen molar-refractivity contribution in [2.45, 2.75) is 57.2 Å². The molecule has 9 heteroatoms. The molecule has 2 rings (SSSR count). The molecular formula is C26H38N4O5. The molecule has 192 valence electrons. The molecule has 0 spiro atoms. The molecule has 35 heavy (non-hydrogen) atoms. The minimum absolute atomic E-state index is 0.00929. The zero-order valence-electron chi connectivity index (χ0n) is 20.1. The first-order chi connectivity index (χ1) is 16.9. The lowest BCUT2D eigenvalue weighted by Gasteiger charge is -2.20. The number of carbonyl (C=O) groups excluding carboxylic acids is 1. The van der Waals surface area contributed by atoms with Crippen molar-refractivity contribution in [3.8, 4) is 5.75 Å². The van der Waals surface area contributed by atoms with Crippen LogP contribution < -0.4 is 21.5 Å². The number of rotatable bonds is 17. The highest BCUT2D eigenvalue weighted by atomic mass is 16.5. The molecule has 2 aromatic rings. The number of nitrogens with two attached hydrogens (primary N) is 2. The van der Waals surface area contributed by atoms with E-state index in [0.717, 1.165) is 29.7 Å². The van der Waals surface area contributed by atoms with Gasteiger partial charge in [0.05, 0.1) is 6.54 Å². The zero-order valence-corrected chi connectivity index (χ0v) is 20.1. The number of hydrogen-bond donors (Lipinski definition) is 5. The number of hydroxylamine groups is 2. The summed E-state index contributed by atoms with van der Waals surface area (Å²) in [6, 6.07) is 16.4. The Morgan fingerprint density at radius 1 is 1.00 bits per heavy atom. The predicted molar refractivity (Wildman–Crippen MR) is 134 cm³/mol. The number of nitrogens with zero attached hydrogens (tertiary/aromatic N) is 1. The van der Waals surface area contributed by atoms with Crippen molar-refractivity contribution in [3.63, 3.8) is 0 Å². The normalized spacial score (nSPS) is 12.7. The molecule has 0 aliphatic rings. The first kappa shape index (κ1) is 28.3. The van der Waals surface area contributed by atoms with E-state index in [4.69, 9.17) is 16.2 Å². The summed E-state index contributed by atoms with van der Waals surface area (Å²) in [6.07, 6.45) is 2.99. The second-order valence-corrected chi connectivity index (χ2v) is 8.59. The van der Waals surface area contributed by atoms with Crippen molar-refractivity contribution in [2.75, 3.05) is 19.6 Å². The van der Waals surface area contributed by atoms with E-state index in [-0.39, 0.29) is 13.0 Å². The average Bonchev–Trinajstić information content (AvgIpc) is 2.85. The molecule has 2 aromatic carbocycles. The van der Waals surface area contributed by atoms with Crippen molar-refractivity contribution in [2.24, 2.45) is 11.5 Å². The van der Waals surface area contributed by atoms with Crippen molar-refractivity contribution < 1.29 is 24.6 Å². The van der Waals surface area contributed by atoms with Gasteiger partial charge in [-0.15, -0.1) is 0 Å². The standard InChI is InChI=1S/C26H38N4O5/c27-15-5-4-9-24(26(32)33)29-16-6-10-25(31)30(34)18-22(28)17-20-11-13-23(14-12-20)35-19-21-7-2-1-3-8-21/h1-3,7-8,11-14,22,24,29,34H,4-6,9-10,15-19,27-28H2,(H,32,33)/t22-,24-/m0/s1. The number of benzene rings is 2. The summed E-state index contributed by atoms with van der Waals surface area (Å²) in [7, 11) is 0. The molecule has 9 nitrogen and oxygen atoms in total. The number of hydrogen-bond acceptors (Lipinski definition) is 7. The molecule has 0 heterocycles. The molecule has 1 amide bonds. The van der Waals surface area contributed by atoms with Gasteiger partial charge in [0.15, 0.2) is 0 Å². The molecule has 0 radical (unpaired) electrons. The van der Waals surface area contributed by atoms with E-state index in [1.807, 2.05) is 54.6 Å². The van der Waals surface area contributed by atoms with E-state index < -0.39 is 24.0 Å². The second kappa shape index (κ2) is 15.8. The molecule has 0 aromatic heterocycles. The smallest absolute Gasteiger partial charge is 0.320 e. The summed E-state index contributed by atoms with van der Waals surface area (Å²) in [5.41, 5.74) is 13.6. The van der Waals surface area contributed by atoms with Gasteiger partial charge in [-0.2, -0.15) is 0 Å². The molecule has 0 aliphatic heterocycles. The van der Waals surface area contributed by atoms with Gasteiger partial charge in [-0.3, -0.25) is 14.8 Å². The van der Waals surface area contributed by atoms with Gasteiger partial charge in [0.25, 0.3) is 0 Å². The number of nitrogens with one attached hydrogen (secondary N) is 1. The van der Waals surface area contributed by atoms with E-state index >= 15 is 0 Å². The summed E-state index contributed by atoms with van der Waals surface area (Å²) in [6.45, 7) is 1.39. The van der Waals surface area contributed by atoms with Gasteiger partial charge in [-0.05, 0) is 62.0 Å². The monoisotopic (exact) mass is 486 g/mol. The Hall–Kier alpha value is -2.98. The van der Waals surface area contributed by atoms with Crippen LogP contribution in [0.3, 0.4) is 0 Å². The number of carbonyl (C=O) groups is 2. The number of amides is 1. The van der Waals surface area contributed by atoms with E-state index in [1.165, 1.54) is 0 Å². The molecule has 0 aliphatic carbocycles. The maximum atomic E-state index is 12.2. The van der Waals surface area contributed by atoms with Gasteiger partial charge >= 0.3 is 5.97 Å². The number of ether oxygens (including phenoxy) is 1. The van der Waals surface area contributed by atoms with E-state index in [0.29, 0.717) is 44.0 Å². The summed E-state index contributed by atoms with van der Waals surface area (Å²) in [4.78, 5) is 23.5. The number of unbranched alkanes of at least 4 members (excludes halogenated alkanes) is 1. The van der Waals surface area contributed by atoms with E-state index in [9.17, 15) is 19.9 Å². The van der Waals surface area contributed by atoms with Crippen molar-refractivity contribution in [1.29, 1.82) is 0 Å². The Morgan fingerprint density at radius 3 is 2.37 bits per heavy atom. The molecule has 0 fully saturated rings. The summed E-state index contributed by atoms with van der Waals surface area (Å²) < 4.78 is 5.78. The Morgan fingerprint density at radius 2 is 1.71 bits per heavy atom. The quantitative estimate of drug-likeness (QED) is 0.130. The van der Waals surface area contributed by atoms with Crippen LogP contribution >= 0.6 is 0 Å². The second-order valence-electron chi connectivity index (χ2n) is 8.59. The third-order valence-corrected chi connectivity index (χ3v) is 5.57. The fourth-order valence-corrected chi connectivity index (χ4v) is 3.60. The van der Waals surface area contributed by atoms with Crippen LogP contribution in [0.1, 0.15) is 43.2 Å². The maximum Gasteiger partial charge on any atom is 0.320 e. The largest absolute Gasteiger partial charge is 0.489 e. The highest BCUT2D eigenvalue weighted by Gasteiger charge is 2.18. The van der Waals surface area contributed by atoms with Crippen LogP contribution in [0.15, 0.2) is 54.6 Å². The topological polar surface area (TPSA) is 151 Å². The minimum atomic E-state index is -0.918. The fourth-order valence-electron chi connectivity index (χ4n) is 3.60. The zero-order chi connectivity index (χ0) is 25.5. The third-order valence-electron chi connectivity index (χ3n) is 5.57. The lowest BCUT2D eigenvalue weighted by molar-refractivity contribution is -0.166. The van der Waals surface area contributed by atoms with E-state index in [1.54, 1.807) is 0 Å². The molecule has 0 saturated carbocycles. The van der Waals surface area contributed by atoms with Crippen molar-refractivity contribution in [1.82, 2.24) is 10.4 Å². The van der Waals surface area contributed by atoms with E-state index in [2.05, 4.69) is 5.32 Å². The van der Waals surface area contributed by atoms with Crippen LogP contribution in [0.5, 0.6) is 5.75 Å². The first-order valence-corrected chi connectivity index (χ1v) is 12.1. The predicted octanol–water partition coefficient (Wildman–Crippen LogP) is 2.31. The highest BCUT2D eigenvalue weighted by Crippen LogP contribution is 2.15. The molecule has 2 atom stereocenters. The SMILES string of the molecule is NCCCC[C@H](NCCCC(=O)N(O)C[C@@H](N)Cc1ccc(OCc2ccccc2)cc1)C(=O)O. The number of carboxylic acids is 1. The fraction of sp³-hybridized carbons (Fsp3) is 0.462.